The van der Waals surface area contributed by atoms with Crippen LogP contribution in [0.3, 0.4) is 0 Å². The molecule has 2 heterocycles. The van der Waals surface area contributed by atoms with Crippen LogP contribution in [0.5, 0.6) is 0 Å². The minimum Gasteiger partial charge on any atom is -0.348 e. The van der Waals surface area contributed by atoms with Gasteiger partial charge in [0.05, 0.1) is 35.1 Å². The highest BCUT2D eigenvalue weighted by molar-refractivity contribution is 5.98. The van der Waals surface area contributed by atoms with Crippen LogP contribution in [0.2, 0.25) is 0 Å². The molecule has 1 fully saturated rings. The molecule has 0 unspecified atom stereocenters. The van der Waals surface area contributed by atoms with E-state index in [4.69, 9.17) is 9.47 Å². The number of allylic oxidation sites excluding steroid dienone is 1. The van der Waals surface area contributed by atoms with Gasteiger partial charge in [0.2, 0.25) is 0 Å². The zero-order valence-corrected chi connectivity index (χ0v) is 17.8. The molecule has 0 amide bonds. The zero-order valence-electron chi connectivity index (χ0n) is 17.8. The average molecular weight is 465 g/mol. The van der Waals surface area contributed by atoms with Crippen LogP contribution in [0.1, 0.15) is 11.1 Å². The minimum absolute atomic E-state index is 0.00364. The Hall–Kier alpha value is -4.22. The van der Waals surface area contributed by atoms with Crippen molar-refractivity contribution in [2.45, 2.75) is 19.3 Å². The van der Waals surface area contributed by atoms with E-state index in [1.165, 1.54) is 41.0 Å². The molecule has 2 aromatic carbocycles. The summed E-state index contributed by atoms with van der Waals surface area (Å²) in [6, 6.07) is 11.9. The molecule has 11 nitrogen and oxygen atoms in total. The van der Waals surface area contributed by atoms with Gasteiger partial charge in [-0.15, -0.1) is 0 Å². The van der Waals surface area contributed by atoms with Crippen LogP contribution in [-0.2, 0) is 27.2 Å². The number of hydrogen-bond donors (Lipinski definition) is 0. The van der Waals surface area contributed by atoms with Crippen molar-refractivity contribution in [3.8, 4) is 0 Å². The molecule has 0 atom stereocenters. The standard InChI is InChI=1S/C13H12N2O5.C10H7NO3/c16-12-4-1-9-7-10(15(17)18)2-3-11(9)14(12)8-13-19-5-6-20-13;12-10-4-2-7-5-9(11(13)14)3-1-8(7)6-10/h1-4,7,13H,5-6,8H2;1-5H,6H2. The molecular weight excluding hydrogens is 446 g/mol. The number of carbonyl (C=O) groups excluding carboxylic acids is 1. The number of rotatable bonds is 4. The molecule has 1 saturated heterocycles. The fourth-order valence-corrected chi connectivity index (χ4v) is 3.70. The number of non-ortho nitro benzene ring substituents is 2. The molecule has 0 spiro atoms. The van der Waals surface area contributed by atoms with Crippen molar-refractivity contribution in [1.82, 2.24) is 4.57 Å². The number of nitrogens with zero attached hydrogens (tertiary/aromatic N) is 3. The Balaban J connectivity index is 0.000000172. The second-order valence-corrected chi connectivity index (χ2v) is 7.57. The maximum atomic E-state index is 12.0. The third-order valence-corrected chi connectivity index (χ3v) is 5.36. The van der Waals surface area contributed by atoms with Gasteiger partial charge in [-0.25, -0.2) is 0 Å². The number of nitro groups is 2. The Labute approximate surface area is 192 Å². The summed E-state index contributed by atoms with van der Waals surface area (Å²) in [6.45, 7) is 1.29. The molecule has 174 valence electrons. The smallest absolute Gasteiger partial charge is 0.270 e. The zero-order chi connectivity index (χ0) is 24.2. The van der Waals surface area contributed by atoms with Gasteiger partial charge in [-0.05, 0) is 29.3 Å². The summed E-state index contributed by atoms with van der Waals surface area (Å²) in [6.07, 6.45) is 2.96. The summed E-state index contributed by atoms with van der Waals surface area (Å²) >= 11 is 0. The van der Waals surface area contributed by atoms with Gasteiger partial charge in [0.25, 0.3) is 16.9 Å². The number of carbonyl (C=O) groups is 1. The van der Waals surface area contributed by atoms with Gasteiger partial charge in [0.15, 0.2) is 12.1 Å². The first-order valence-corrected chi connectivity index (χ1v) is 10.3. The molecule has 34 heavy (non-hydrogen) atoms. The number of nitro benzene ring substituents is 2. The van der Waals surface area contributed by atoms with Crippen LogP contribution < -0.4 is 5.56 Å². The molecule has 0 saturated carbocycles. The molecule has 1 aliphatic carbocycles. The molecule has 11 heteroatoms. The summed E-state index contributed by atoms with van der Waals surface area (Å²) < 4.78 is 12.2. The number of pyridine rings is 1. The summed E-state index contributed by atoms with van der Waals surface area (Å²) in [5.74, 6) is 0.0337. The van der Waals surface area contributed by atoms with Gasteiger partial charge in [0.1, 0.15) is 0 Å². The first-order valence-electron chi connectivity index (χ1n) is 10.3. The maximum Gasteiger partial charge on any atom is 0.270 e. The number of benzene rings is 2. The third kappa shape index (κ3) is 5.05. The lowest BCUT2D eigenvalue weighted by atomic mass is 9.96. The fraction of sp³-hybridized carbons (Fsp3) is 0.217. The molecule has 1 aromatic heterocycles. The molecular formula is C23H19N3O8. The minimum atomic E-state index is -0.460. The van der Waals surface area contributed by atoms with E-state index in [0.717, 1.165) is 11.1 Å². The number of ketones is 1. The van der Waals surface area contributed by atoms with Gasteiger partial charge in [-0.2, -0.15) is 0 Å². The molecule has 0 bridgehead atoms. The summed E-state index contributed by atoms with van der Waals surface area (Å²) in [5.41, 5.74) is 2.10. The highest BCUT2D eigenvalue weighted by Crippen LogP contribution is 2.23. The van der Waals surface area contributed by atoms with Crippen molar-refractivity contribution in [2.75, 3.05) is 13.2 Å². The van der Waals surface area contributed by atoms with Crippen molar-refractivity contribution < 1.29 is 24.1 Å². The van der Waals surface area contributed by atoms with Gasteiger partial charge in [-0.3, -0.25) is 29.8 Å². The van der Waals surface area contributed by atoms with E-state index in [1.54, 1.807) is 24.3 Å². The second-order valence-electron chi connectivity index (χ2n) is 7.57. The van der Waals surface area contributed by atoms with Crippen LogP contribution in [0.25, 0.3) is 17.0 Å². The van der Waals surface area contributed by atoms with E-state index >= 15 is 0 Å². The van der Waals surface area contributed by atoms with Gasteiger partial charge in [0, 0.05) is 42.1 Å². The Morgan fingerprint density at radius 1 is 0.882 bits per heavy atom. The Morgan fingerprint density at radius 3 is 2.26 bits per heavy atom. The monoisotopic (exact) mass is 465 g/mol. The van der Waals surface area contributed by atoms with E-state index in [2.05, 4.69) is 0 Å². The Morgan fingerprint density at radius 2 is 1.56 bits per heavy atom. The summed E-state index contributed by atoms with van der Waals surface area (Å²) in [5, 5.41) is 21.9. The maximum absolute atomic E-state index is 12.0. The van der Waals surface area contributed by atoms with Gasteiger partial charge < -0.3 is 14.0 Å². The van der Waals surface area contributed by atoms with Crippen molar-refractivity contribution in [3.63, 3.8) is 0 Å². The van der Waals surface area contributed by atoms with E-state index < -0.39 is 16.1 Å². The predicted molar refractivity (Wildman–Crippen MR) is 121 cm³/mol. The number of fused-ring (bicyclic) bond motifs is 2. The Kier molecular flexibility index (Phi) is 6.57. The van der Waals surface area contributed by atoms with Crippen LogP contribution in [0.4, 0.5) is 11.4 Å². The fourth-order valence-electron chi connectivity index (χ4n) is 3.70. The predicted octanol–water partition coefficient (Wildman–Crippen LogP) is 3.02. The van der Waals surface area contributed by atoms with Crippen molar-refractivity contribution in [1.29, 1.82) is 0 Å². The quantitative estimate of drug-likeness (QED) is 0.422. The average Bonchev–Trinajstić information content (AvgIpc) is 3.34. The molecule has 0 radical (unpaired) electrons. The third-order valence-electron chi connectivity index (χ3n) is 5.36. The lowest BCUT2D eigenvalue weighted by molar-refractivity contribution is -0.385. The van der Waals surface area contributed by atoms with Gasteiger partial charge in [-0.1, -0.05) is 12.1 Å². The number of hydrogen-bond acceptors (Lipinski definition) is 8. The van der Waals surface area contributed by atoms with Crippen molar-refractivity contribution in [3.05, 3.63) is 96.3 Å². The summed E-state index contributed by atoms with van der Waals surface area (Å²) in [4.78, 5) is 43.3. The molecule has 1 aliphatic heterocycles. The second kappa shape index (κ2) is 9.73. The topological polar surface area (TPSA) is 144 Å². The van der Waals surface area contributed by atoms with Crippen LogP contribution in [0.15, 0.2) is 59.4 Å². The summed E-state index contributed by atoms with van der Waals surface area (Å²) in [7, 11) is 0. The van der Waals surface area contributed by atoms with E-state index in [-0.39, 0.29) is 29.3 Å². The molecule has 0 N–H and O–H groups in total. The van der Waals surface area contributed by atoms with Crippen LogP contribution >= 0.6 is 0 Å². The largest absolute Gasteiger partial charge is 0.348 e. The first kappa shape index (κ1) is 23.0. The van der Waals surface area contributed by atoms with Crippen LogP contribution in [0, 0.1) is 20.2 Å². The number of aromatic nitrogens is 1. The van der Waals surface area contributed by atoms with E-state index in [0.29, 0.717) is 30.5 Å². The number of ether oxygens (including phenoxy) is 2. The lowest BCUT2D eigenvalue weighted by Gasteiger charge is -2.13. The van der Waals surface area contributed by atoms with E-state index in [9.17, 15) is 29.8 Å². The van der Waals surface area contributed by atoms with Gasteiger partial charge >= 0.3 is 0 Å². The lowest BCUT2D eigenvalue weighted by Crippen LogP contribution is -2.26. The van der Waals surface area contributed by atoms with Crippen molar-refractivity contribution in [2.24, 2.45) is 0 Å². The SMILES string of the molecule is O=C1C=Cc2cc([N+](=O)[O-])ccc2C1.O=c1ccc2cc([N+](=O)[O-])ccc2n1CC1OCCO1. The molecule has 3 aromatic rings. The highest BCUT2D eigenvalue weighted by Gasteiger charge is 2.19. The Bertz CT molecular complexity index is 1370. The highest BCUT2D eigenvalue weighted by atomic mass is 16.7. The molecule has 2 aliphatic rings. The van der Waals surface area contributed by atoms with E-state index in [1.807, 2.05) is 0 Å². The van der Waals surface area contributed by atoms with Crippen molar-refractivity contribution >= 4 is 34.1 Å². The molecule has 5 rings (SSSR count). The normalized spacial score (nSPS) is 15.0. The first-order chi connectivity index (χ1) is 16.3. The van der Waals surface area contributed by atoms with Crippen LogP contribution in [-0.4, -0.2) is 39.7 Å².